The molecular weight excluding hydrogens is 244 g/mol. The predicted molar refractivity (Wildman–Crippen MR) is 68.2 cm³/mol. The first kappa shape index (κ1) is 11.6. The average molecular weight is 258 g/mol. The van der Waals surface area contributed by atoms with E-state index in [1.54, 1.807) is 17.1 Å². The molecule has 3 atom stereocenters. The molecule has 0 saturated carbocycles. The minimum Gasteiger partial charge on any atom is -0.369 e. The zero-order chi connectivity index (χ0) is 13.4. The van der Waals surface area contributed by atoms with Crippen LogP contribution in [0.4, 0.5) is 5.95 Å². The first-order valence-corrected chi connectivity index (χ1v) is 6.04. The number of hydrogen-bond acceptors (Lipinski definition) is 5. The molecule has 2 aromatic heterocycles. The van der Waals surface area contributed by atoms with Crippen LogP contribution in [0.3, 0.4) is 0 Å². The van der Waals surface area contributed by atoms with Crippen LogP contribution in [0.1, 0.15) is 18.5 Å². The average Bonchev–Trinajstić information content (AvgIpc) is 2.85. The van der Waals surface area contributed by atoms with Gasteiger partial charge < -0.3 is 11.1 Å². The molecule has 1 amide bonds. The zero-order valence-electron chi connectivity index (χ0n) is 10.4. The second-order valence-corrected chi connectivity index (χ2v) is 4.62. The third-order valence-electron chi connectivity index (χ3n) is 3.43. The molecular formula is C12H14N6O. The number of nitrogens with zero attached hydrogens (tertiary/aromatic N) is 4. The van der Waals surface area contributed by atoms with E-state index in [-0.39, 0.29) is 18.0 Å². The van der Waals surface area contributed by atoms with Crippen molar-refractivity contribution in [3.05, 3.63) is 36.4 Å². The molecule has 7 nitrogen and oxygen atoms in total. The van der Waals surface area contributed by atoms with Gasteiger partial charge in [0.05, 0.1) is 12.0 Å². The molecule has 0 unspecified atom stereocenters. The van der Waals surface area contributed by atoms with Crippen molar-refractivity contribution in [1.82, 2.24) is 19.7 Å². The van der Waals surface area contributed by atoms with Crippen LogP contribution in [0.25, 0.3) is 0 Å². The number of primary amides is 1. The highest BCUT2D eigenvalue weighted by molar-refractivity contribution is 5.79. The summed E-state index contributed by atoms with van der Waals surface area (Å²) in [7, 11) is 0. The van der Waals surface area contributed by atoms with Gasteiger partial charge in [-0.1, -0.05) is 6.07 Å². The molecule has 1 aliphatic heterocycles. The number of carbonyl (C=O) groups is 1. The lowest BCUT2D eigenvalue weighted by molar-refractivity contribution is -0.123. The SMILES string of the molecule is C[C@@H]1Nc2ncnn2[C@H](c2cccnc2)[C@@H]1C(N)=O. The fraction of sp³-hybridized carbons (Fsp3) is 0.333. The van der Waals surface area contributed by atoms with Gasteiger partial charge in [0.15, 0.2) is 0 Å². The number of amides is 1. The molecule has 1 aliphatic rings. The third-order valence-corrected chi connectivity index (χ3v) is 3.43. The highest BCUT2D eigenvalue weighted by Crippen LogP contribution is 2.34. The Bertz CT molecular complexity index is 595. The normalized spacial score (nSPS) is 25.4. The van der Waals surface area contributed by atoms with Crippen LogP contribution in [0.2, 0.25) is 0 Å². The van der Waals surface area contributed by atoms with Crippen LogP contribution in [0.15, 0.2) is 30.9 Å². The molecule has 0 saturated heterocycles. The van der Waals surface area contributed by atoms with E-state index in [1.165, 1.54) is 6.33 Å². The van der Waals surface area contributed by atoms with Gasteiger partial charge in [0.1, 0.15) is 6.33 Å². The summed E-state index contributed by atoms with van der Waals surface area (Å²) in [5.41, 5.74) is 6.45. The number of pyridine rings is 1. The van der Waals surface area contributed by atoms with Crippen molar-refractivity contribution in [2.45, 2.75) is 19.0 Å². The second kappa shape index (κ2) is 4.34. The summed E-state index contributed by atoms with van der Waals surface area (Å²) in [6.45, 7) is 1.91. The summed E-state index contributed by atoms with van der Waals surface area (Å²) in [6.07, 6.45) is 4.88. The number of rotatable bonds is 2. The maximum atomic E-state index is 11.8. The Morgan fingerprint density at radius 3 is 3.05 bits per heavy atom. The van der Waals surface area contributed by atoms with Crippen LogP contribution in [-0.2, 0) is 4.79 Å². The van der Waals surface area contributed by atoms with Crippen LogP contribution < -0.4 is 11.1 Å². The highest BCUT2D eigenvalue weighted by atomic mass is 16.1. The number of nitrogens with two attached hydrogens (primary N) is 1. The van der Waals surface area contributed by atoms with Crippen molar-refractivity contribution >= 4 is 11.9 Å². The molecule has 3 heterocycles. The smallest absolute Gasteiger partial charge is 0.225 e. The molecule has 19 heavy (non-hydrogen) atoms. The summed E-state index contributed by atoms with van der Waals surface area (Å²) in [5.74, 6) is -0.132. The Balaban J connectivity index is 2.14. The monoisotopic (exact) mass is 258 g/mol. The second-order valence-electron chi connectivity index (χ2n) is 4.62. The highest BCUT2D eigenvalue weighted by Gasteiger charge is 2.40. The summed E-state index contributed by atoms with van der Waals surface area (Å²) in [5, 5.41) is 7.33. The number of carbonyl (C=O) groups excluding carboxylic acids is 1. The molecule has 98 valence electrons. The lowest BCUT2D eigenvalue weighted by Crippen LogP contribution is -2.47. The summed E-state index contributed by atoms with van der Waals surface area (Å²) in [4.78, 5) is 20.0. The maximum absolute atomic E-state index is 11.8. The predicted octanol–water partition coefficient (Wildman–Crippen LogP) is 0.178. The quantitative estimate of drug-likeness (QED) is 0.800. The molecule has 2 aromatic rings. The van der Waals surface area contributed by atoms with E-state index in [2.05, 4.69) is 20.4 Å². The number of fused-ring (bicyclic) bond motifs is 1. The van der Waals surface area contributed by atoms with Gasteiger partial charge in [-0.15, -0.1) is 0 Å². The van der Waals surface area contributed by atoms with Gasteiger partial charge in [-0.2, -0.15) is 10.1 Å². The Hall–Kier alpha value is -2.44. The number of aromatic nitrogens is 4. The first-order chi connectivity index (χ1) is 9.18. The van der Waals surface area contributed by atoms with Crippen molar-refractivity contribution in [2.24, 2.45) is 11.7 Å². The number of nitrogens with one attached hydrogen (secondary N) is 1. The standard InChI is InChI=1S/C12H14N6O/c1-7-9(11(13)19)10(8-3-2-4-14-5-8)18-12(17-7)15-6-16-18/h2-7,9-10H,1H3,(H2,13,19)(H,15,16,17)/t7-,9+,10+/m0/s1. The fourth-order valence-electron chi connectivity index (χ4n) is 2.58. The Morgan fingerprint density at radius 2 is 2.37 bits per heavy atom. The van der Waals surface area contributed by atoms with Crippen LogP contribution >= 0.6 is 0 Å². The van der Waals surface area contributed by atoms with Crippen LogP contribution in [-0.4, -0.2) is 31.7 Å². The largest absolute Gasteiger partial charge is 0.369 e. The van der Waals surface area contributed by atoms with Gasteiger partial charge in [-0.05, 0) is 18.6 Å². The molecule has 0 aliphatic carbocycles. The fourth-order valence-corrected chi connectivity index (χ4v) is 2.58. The van der Waals surface area contributed by atoms with E-state index in [1.807, 2.05) is 19.1 Å². The van der Waals surface area contributed by atoms with E-state index in [0.29, 0.717) is 5.95 Å². The molecule has 3 N–H and O–H groups in total. The molecule has 0 radical (unpaired) electrons. The van der Waals surface area contributed by atoms with E-state index in [9.17, 15) is 4.79 Å². The van der Waals surface area contributed by atoms with Crippen LogP contribution in [0.5, 0.6) is 0 Å². The van der Waals surface area contributed by atoms with E-state index >= 15 is 0 Å². The number of anilines is 1. The minimum atomic E-state index is -0.404. The lowest BCUT2D eigenvalue weighted by atomic mass is 9.86. The third kappa shape index (κ3) is 1.83. The zero-order valence-corrected chi connectivity index (χ0v) is 10.4. The van der Waals surface area contributed by atoms with Gasteiger partial charge in [-0.3, -0.25) is 9.78 Å². The van der Waals surface area contributed by atoms with Gasteiger partial charge in [0.25, 0.3) is 0 Å². The van der Waals surface area contributed by atoms with Gasteiger partial charge in [0.2, 0.25) is 11.9 Å². The van der Waals surface area contributed by atoms with Crippen molar-refractivity contribution in [3.8, 4) is 0 Å². The number of hydrogen-bond donors (Lipinski definition) is 2. The van der Waals surface area contributed by atoms with Gasteiger partial charge in [0, 0.05) is 18.4 Å². The van der Waals surface area contributed by atoms with Gasteiger partial charge in [-0.25, -0.2) is 4.68 Å². The molecule has 0 fully saturated rings. The lowest BCUT2D eigenvalue weighted by Gasteiger charge is -2.35. The summed E-state index contributed by atoms with van der Waals surface area (Å²) in [6, 6.07) is 3.35. The van der Waals surface area contributed by atoms with E-state index < -0.39 is 5.92 Å². The van der Waals surface area contributed by atoms with Crippen molar-refractivity contribution < 1.29 is 4.79 Å². The van der Waals surface area contributed by atoms with Crippen LogP contribution in [0, 0.1) is 5.92 Å². The van der Waals surface area contributed by atoms with Gasteiger partial charge >= 0.3 is 0 Å². The van der Waals surface area contributed by atoms with E-state index in [0.717, 1.165) is 5.56 Å². The first-order valence-electron chi connectivity index (χ1n) is 6.04. The minimum absolute atomic E-state index is 0.112. The van der Waals surface area contributed by atoms with Crippen molar-refractivity contribution in [3.63, 3.8) is 0 Å². The Labute approximate surface area is 109 Å². The topological polar surface area (TPSA) is 98.7 Å². The molecule has 0 spiro atoms. The maximum Gasteiger partial charge on any atom is 0.225 e. The van der Waals surface area contributed by atoms with Crippen molar-refractivity contribution in [2.75, 3.05) is 5.32 Å². The Morgan fingerprint density at radius 1 is 1.53 bits per heavy atom. The molecule has 0 aromatic carbocycles. The molecule has 0 bridgehead atoms. The summed E-state index contributed by atoms with van der Waals surface area (Å²) >= 11 is 0. The van der Waals surface area contributed by atoms with Crippen molar-refractivity contribution in [1.29, 1.82) is 0 Å². The Kier molecular flexibility index (Phi) is 2.66. The molecule has 7 heteroatoms. The molecule has 3 rings (SSSR count). The summed E-state index contributed by atoms with van der Waals surface area (Å²) < 4.78 is 1.69. The van der Waals surface area contributed by atoms with E-state index in [4.69, 9.17) is 5.73 Å².